The van der Waals surface area contributed by atoms with Crippen molar-refractivity contribution < 1.29 is 9.53 Å². The highest BCUT2D eigenvalue weighted by molar-refractivity contribution is 7.09. The molecule has 0 amide bonds. The Morgan fingerprint density at radius 1 is 1.00 bits per heavy atom. The molecule has 1 aliphatic rings. The first-order valence-electron chi connectivity index (χ1n) is 11.8. The third-order valence-electron chi connectivity index (χ3n) is 6.11. The van der Waals surface area contributed by atoms with Gasteiger partial charge in [0.1, 0.15) is 5.78 Å². The van der Waals surface area contributed by atoms with Crippen molar-refractivity contribution in [2.75, 3.05) is 13.2 Å². The molecule has 1 aromatic heterocycles. The van der Waals surface area contributed by atoms with E-state index in [-0.39, 0.29) is 11.8 Å². The van der Waals surface area contributed by atoms with Gasteiger partial charge in [0.05, 0.1) is 11.4 Å². The summed E-state index contributed by atoms with van der Waals surface area (Å²) in [5.74, 6) is 0.701. The van der Waals surface area contributed by atoms with Crippen LogP contribution in [0.5, 0.6) is 0 Å². The average molecular weight is 408 g/mol. The van der Waals surface area contributed by atoms with Crippen molar-refractivity contribution in [2.24, 2.45) is 5.92 Å². The largest absolute Gasteiger partial charge is 0.381 e. The van der Waals surface area contributed by atoms with Gasteiger partial charge in [-0.25, -0.2) is 0 Å². The first-order valence-corrected chi connectivity index (χ1v) is 12.7. The summed E-state index contributed by atoms with van der Waals surface area (Å²) in [5.41, 5.74) is 1.86. The van der Waals surface area contributed by atoms with Gasteiger partial charge < -0.3 is 4.74 Å². The zero-order chi connectivity index (χ0) is 19.9. The molecule has 1 aliphatic heterocycles. The van der Waals surface area contributed by atoms with E-state index in [0.717, 1.165) is 38.9 Å². The van der Waals surface area contributed by atoms with Crippen molar-refractivity contribution >= 4 is 17.1 Å². The molecule has 160 valence electrons. The predicted octanol–water partition coefficient (Wildman–Crippen LogP) is 7.31. The number of hydrogen-bond acceptors (Lipinski definition) is 4. The average Bonchev–Trinajstić information content (AvgIpc) is 3.26. The second kappa shape index (κ2) is 15.1. The number of carbonyl (C=O) groups excluding carboxylic acids is 1. The Bertz CT molecular complexity index is 497. The van der Waals surface area contributed by atoms with E-state index in [1.807, 2.05) is 11.7 Å². The molecule has 0 N–H and O–H groups in total. The third kappa shape index (κ3) is 9.17. The minimum atomic E-state index is 0.0683. The van der Waals surface area contributed by atoms with Crippen LogP contribution in [-0.4, -0.2) is 24.0 Å². The molecule has 0 radical (unpaired) electrons. The molecule has 3 nitrogen and oxygen atoms in total. The Morgan fingerprint density at radius 2 is 1.57 bits per heavy atom. The van der Waals surface area contributed by atoms with E-state index < -0.39 is 0 Å². The normalized spacial score (nSPS) is 16.3. The molecule has 1 fully saturated rings. The van der Waals surface area contributed by atoms with Crippen LogP contribution in [-0.2, 0) is 9.53 Å². The molecule has 1 unspecified atom stereocenters. The van der Waals surface area contributed by atoms with E-state index in [4.69, 9.17) is 4.74 Å². The monoisotopic (exact) mass is 407 g/mol. The van der Waals surface area contributed by atoms with E-state index in [1.54, 1.807) is 11.3 Å². The van der Waals surface area contributed by atoms with Crippen molar-refractivity contribution in [1.29, 1.82) is 0 Å². The van der Waals surface area contributed by atoms with E-state index in [9.17, 15) is 4.79 Å². The lowest BCUT2D eigenvalue weighted by molar-refractivity contribution is -0.127. The summed E-state index contributed by atoms with van der Waals surface area (Å²) in [6, 6.07) is 0. The van der Waals surface area contributed by atoms with Gasteiger partial charge in [-0.15, -0.1) is 11.3 Å². The number of hydrogen-bond donors (Lipinski definition) is 0. The Balaban J connectivity index is 1.57. The van der Waals surface area contributed by atoms with Crippen LogP contribution in [0.3, 0.4) is 0 Å². The molecule has 4 heteroatoms. The zero-order valence-electron chi connectivity index (χ0n) is 18.0. The number of nitrogens with zero attached hydrogens (tertiary/aromatic N) is 1. The molecule has 2 rings (SSSR count). The fourth-order valence-corrected chi connectivity index (χ4v) is 5.04. The highest BCUT2D eigenvalue weighted by Crippen LogP contribution is 2.32. The van der Waals surface area contributed by atoms with Gasteiger partial charge in [-0.1, -0.05) is 84.0 Å². The molecule has 0 spiro atoms. The number of ether oxygens (including phenoxy) is 1. The lowest BCUT2D eigenvalue weighted by Gasteiger charge is -2.25. The predicted molar refractivity (Wildman–Crippen MR) is 119 cm³/mol. The van der Waals surface area contributed by atoms with Crippen LogP contribution in [0.2, 0.25) is 0 Å². The number of rotatable bonds is 16. The molecule has 2 heterocycles. The number of aromatic nitrogens is 1. The van der Waals surface area contributed by atoms with Gasteiger partial charge >= 0.3 is 0 Å². The second-order valence-corrected chi connectivity index (χ2v) is 9.34. The van der Waals surface area contributed by atoms with Gasteiger partial charge in [0.2, 0.25) is 0 Å². The second-order valence-electron chi connectivity index (χ2n) is 8.42. The maximum absolute atomic E-state index is 13.1. The lowest BCUT2D eigenvalue weighted by Crippen LogP contribution is -2.27. The summed E-state index contributed by atoms with van der Waals surface area (Å²) in [6.45, 7) is 3.76. The molecule has 28 heavy (non-hydrogen) atoms. The fourth-order valence-electron chi connectivity index (χ4n) is 4.28. The number of carbonyl (C=O) groups is 1. The van der Waals surface area contributed by atoms with Gasteiger partial charge in [-0.3, -0.25) is 9.78 Å². The summed E-state index contributed by atoms with van der Waals surface area (Å²) in [5, 5.41) is 0. The SMILES string of the molecule is CCCCCCCCCCCCCCC(C(=O)C1CCOCC1)c1cncs1. The van der Waals surface area contributed by atoms with Crippen molar-refractivity contribution in [3.8, 4) is 0 Å². The number of Topliss-reactive ketones (excluding diaryl/α,β-unsaturated/α-hetero) is 1. The van der Waals surface area contributed by atoms with E-state index in [1.165, 1.54) is 75.5 Å². The summed E-state index contributed by atoms with van der Waals surface area (Å²) in [7, 11) is 0. The zero-order valence-corrected chi connectivity index (χ0v) is 18.8. The van der Waals surface area contributed by atoms with E-state index in [2.05, 4.69) is 11.9 Å². The van der Waals surface area contributed by atoms with Gasteiger partial charge in [0, 0.05) is 30.2 Å². The van der Waals surface area contributed by atoms with Crippen molar-refractivity contribution in [3.05, 3.63) is 16.6 Å². The molecule has 1 aromatic rings. The molecular weight excluding hydrogens is 366 g/mol. The molecule has 1 saturated heterocycles. The van der Waals surface area contributed by atoms with Crippen LogP contribution >= 0.6 is 11.3 Å². The van der Waals surface area contributed by atoms with Crippen LogP contribution in [0.15, 0.2) is 11.7 Å². The van der Waals surface area contributed by atoms with Gasteiger partial charge in [-0.05, 0) is 19.3 Å². The number of ketones is 1. The van der Waals surface area contributed by atoms with Crippen LogP contribution in [0.1, 0.15) is 114 Å². The van der Waals surface area contributed by atoms with Gasteiger partial charge in [0.25, 0.3) is 0 Å². The molecular formula is C24H41NO2S. The molecule has 0 aliphatic carbocycles. The van der Waals surface area contributed by atoms with Crippen LogP contribution in [0.4, 0.5) is 0 Å². The molecule has 0 saturated carbocycles. The van der Waals surface area contributed by atoms with Gasteiger partial charge in [0.15, 0.2) is 0 Å². The highest BCUT2D eigenvalue weighted by atomic mass is 32.1. The first-order chi connectivity index (χ1) is 13.8. The quantitative estimate of drug-likeness (QED) is 0.270. The van der Waals surface area contributed by atoms with Crippen LogP contribution in [0, 0.1) is 5.92 Å². The number of thiazole rings is 1. The summed E-state index contributed by atoms with van der Waals surface area (Å²) in [6.07, 6.45) is 21.0. The smallest absolute Gasteiger partial charge is 0.144 e. The van der Waals surface area contributed by atoms with Crippen molar-refractivity contribution in [2.45, 2.75) is 109 Å². The van der Waals surface area contributed by atoms with Crippen LogP contribution in [0.25, 0.3) is 0 Å². The lowest BCUT2D eigenvalue weighted by atomic mass is 9.84. The minimum absolute atomic E-state index is 0.0683. The van der Waals surface area contributed by atoms with E-state index in [0.29, 0.717) is 5.78 Å². The maximum atomic E-state index is 13.1. The highest BCUT2D eigenvalue weighted by Gasteiger charge is 2.30. The van der Waals surface area contributed by atoms with Gasteiger partial charge in [-0.2, -0.15) is 0 Å². The maximum Gasteiger partial charge on any atom is 0.144 e. The summed E-state index contributed by atoms with van der Waals surface area (Å²) >= 11 is 1.64. The topological polar surface area (TPSA) is 39.2 Å². The fraction of sp³-hybridized carbons (Fsp3) is 0.833. The third-order valence-corrected chi connectivity index (χ3v) is 7.00. The Kier molecular flexibility index (Phi) is 12.7. The first kappa shape index (κ1) is 23.5. The Labute approximate surface area is 176 Å². The number of unbranched alkanes of at least 4 members (excludes halogenated alkanes) is 11. The van der Waals surface area contributed by atoms with Crippen LogP contribution < -0.4 is 0 Å². The summed E-state index contributed by atoms with van der Waals surface area (Å²) < 4.78 is 5.44. The van der Waals surface area contributed by atoms with E-state index >= 15 is 0 Å². The van der Waals surface area contributed by atoms with Crippen molar-refractivity contribution in [1.82, 2.24) is 4.98 Å². The minimum Gasteiger partial charge on any atom is -0.381 e. The molecule has 1 atom stereocenters. The molecule has 0 aromatic carbocycles. The van der Waals surface area contributed by atoms with Crippen molar-refractivity contribution in [3.63, 3.8) is 0 Å². The summed E-state index contributed by atoms with van der Waals surface area (Å²) in [4.78, 5) is 18.4. The molecule has 0 bridgehead atoms. The standard InChI is InChI=1S/C24H41NO2S/c1-2-3-4-5-6-7-8-9-10-11-12-13-14-22(23-19-25-20-28-23)24(26)21-15-17-27-18-16-21/h19-22H,2-18H2,1H3. The Morgan fingerprint density at radius 3 is 2.11 bits per heavy atom. The Hall–Kier alpha value is -0.740.